The smallest absolute Gasteiger partial charge is 0.298 e. The molecule has 1 aromatic rings. The summed E-state index contributed by atoms with van der Waals surface area (Å²) in [4.78, 5) is 13.5. The Morgan fingerprint density at radius 1 is 1.29 bits per heavy atom. The van der Waals surface area contributed by atoms with E-state index >= 15 is 0 Å². The third-order valence-electron chi connectivity index (χ3n) is 2.75. The molecule has 0 bridgehead atoms. The average molecular weight is 229 g/mol. The summed E-state index contributed by atoms with van der Waals surface area (Å²) >= 11 is 0. The Bertz CT molecular complexity index is 465. The molecular formula is C14H15NO2. The first-order valence-corrected chi connectivity index (χ1v) is 5.71. The van der Waals surface area contributed by atoms with Crippen LogP contribution in [0.2, 0.25) is 0 Å². The van der Waals surface area contributed by atoms with Gasteiger partial charge in [0, 0.05) is 24.6 Å². The van der Waals surface area contributed by atoms with Crippen LogP contribution in [0.1, 0.15) is 11.1 Å². The SMILES string of the molecule is Cc1ccccc1C#CC(=O)N1CCOCC1. The molecule has 0 aromatic heterocycles. The lowest BCUT2D eigenvalue weighted by Crippen LogP contribution is -2.40. The molecule has 0 unspecified atom stereocenters. The Balaban J connectivity index is 2.06. The number of benzene rings is 1. The number of amides is 1. The lowest BCUT2D eigenvalue weighted by molar-refractivity contribution is -0.129. The lowest BCUT2D eigenvalue weighted by Gasteiger charge is -2.24. The Labute approximate surface area is 101 Å². The van der Waals surface area contributed by atoms with Gasteiger partial charge in [0.25, 0.3) is 5.91 Å². The predicted octanol–water partition coefficient (Wildman–Crippen LogP) is 1.21. The molecule has 1 aliphatic heterocycles. The van der Waals surface area contributed by atoms with Gasteiger partial charge < -0.3 is 9.64 Å². The van der Waals surface area contributed by atoms with E-state index in [1.807, 2.05) is 31.2 Å². The second kappa shape index (κ2) is 5.51. The monoisotopic (exact) mass is 229 g/mol. The van der Waals surface area contributed by atoms with E-state index in [0.29, 0.717) is 26.3 Å². The molecule has 0 atom stereocenters. The molecule has 0 radical (unpaired) electrons. The third kappa shape index (κ3) is 3.08. The highest BCUT2D eigenvalue weighted by Gasteiger charge is 2.14. The number of carbonyl (C=O) groups is 1. The van der Waals surface area contributed by atoms with E-state index in [-0.39, 0.29) is 5.91 Å². The van der Waals surface area contributed by atoms with Gasteiger partial charge in [-0.3, -0.25) is 4.79 Å². The van der Waals surface area contributed by atoms with Gasteiger partial charge in [-0.15, -0.1) is 0 Å². The third-order valence-corrected chi connectivity index (χ3v) is 2.75. The Hall–Kier alpha value is -1.79. The highest BCUT2D eigenvalue weighted by molar-refractivity contribution is 5.94. The minimum absolute atomic E-state index is 0.114. The number of aryl methyl sites for hydroxylation is 1. The van der Waals surface area contributed by atoms with E-state index in [1.54, 1.807) is 4.90 Å². The first-order chi connectivity index (χ1) is 8.27. The van der Waals surface area contributed by atoms with Crippen molar-refractivity contribution in [2.75, 3.05) is 26.3 Å². The molecule has 1 fully saturated rings. The summed E-state index contributed by atoms with van der Waals surface area (Å²) in [6, 6.07) is 7.80. The number of ether oxygens (including phenoxy) is 1. The molecule has 0 N–H and O–H groups in total. The zero-order chi connectivity index (χ0) is 12.1. The summed E-state index contributed by atoms with van der Waals surface area (Å²) in [5.74, 6) is 5.50. The first kappa shape index (κ1) is 11.7. The van der Waals surface area contributed by atoms with E-state index in [4.69, 9.17) is 4.74 Å². The molecule has 17 heavy (non-hydrogen) atoms. The van der Waals surface area contributed by atoms with Gasteiger partial charge in [-0.2, -0.15) is 0 Å². The summed E-state index contributed by atoms with van der Waals surface area (Å²) in [6.07, 6.45) is 0. The van der Waals surface area contributed by atoms with Crippen molar-refractivity contribution in [1.82, 2.24) is 4.90 Å². The topological polar surface area (TPSA) is 29.5 Å². The summed E-state index contributed by atoms with van der Waals surface area (Å²) < 4.78 is 5.19. The number of rotatable bonds is 0. The maximum absolute atomic E-state index is 11.8. The van der Waals surface area contributed by atoms with Crippen LogP contribution in [-0.2, 0) is 9.53 Å². The van der Waals surface area contributed by atoms with Crippen molar-refractivity contribution in [2.24, 2.45) is 0 Å². The minimum Gasteiger partial charge on any atom is -0.378 e. The van der Waals surface area contributed by atoms with Crippen molar-refractivity contribution in [3.63, 3.8) is 0 Å². The largest absolute Gasteiger partial charge is 0.378 e. The van der Waals surface area contributed by atoms with Gasteiger partial charge in [-0.05, 0) is 18.6 Å². The van der Waals surface area contributed by atoms with Crippen LogP contribution < -0.4 is 0 Å². The second-order valence-electron chi connectivity index (χ2n) is 3.97. The summed E-state index contributed by atoms with van der Waals surface area (Å²) in [5.41, 5.74) is 2.00. The van der Waals surface area contributed by atoms with Crippen LogP contribution in [0, 0.1) is 18.8 Å². The maximum atomic E-state index is 11.8. The fourth-order valence-corrected chi connectivity index (χ4v) is 1.68. The number of hydrogen-bond donors (Lipinski definition) is 0. The average Bonchev–Trinajstić information content (AvgIpc) is 2.38. The normalized spacial score (nSPS) is 15.0. The van der Waals surface area contributed by atoms with Crippen molar-refractivity contribution in [3.05, 3.63) is 35.4 Å². The molecule has 1 aromatic carbocycles. The number of morpholine rings is 1. The molecule has 0 spiro atoms. The maximum Gasteiger partial charge on any atom is 0.298 e. The fraction of sp³-hybridized carbons (Fsp3) is 0.357. The van der Waals surface area contributed by atoms with Crippen LogP contribution >= 0.6 is 0 Å². The van der Waals surface area contributed by atoms with E-state index in [2.05, 4.69) is 11.8 Å². The van der Waals surface area contributed by atoms with Crippen molar-refractivity contribution < 1.29 is 9.53 Å². The summed E-state index contributed by atoms with van der Waals surface area (Å²) in [6.45, 7) is 4.49. The van der Waals surface area contributed by atoms with Crippen molar-refractivity contribution >= 4 is 5.91 Å². The minimum atomic E-state index is -0.114. The highest BCUT2D eigenvalue weighted by Crippen LogP contribution is 2.04. The van der Waals surface area contributed by atoms with Gasteiger partial charge in [0.1, 0.15) is 0 Å². The molecule has 88 valence electrons. The molecule has 3 nitrogen and oxygen atoms in total. The first-order valence-electron chi connectivity index (χ1n) is 5.71. The number of hydrogen-bond acceptors (Lipinski definition) is 2. The van der Waals surface area contributed by atoms with E-state index in [0.717, 1.165) is 11.1 Å². The number of carbonyl (C=O) groups excluding carboxylic acids is 1. The highest BCUT2D eigenvalue weighted by atomic mass is 16.5. The molecule has 1 aliphatic rings. The van der Waals surface area contributed by atoms with Crippen molar-refractivity contribution in [1.29, 1.82) is 0 Å². The predicted molar refractivity (Wildman–Crippen MR) is 65.5 cm³/mol. The lowest BCUT2D eigenvalue weighted by atomic mass is 10.1. The molecule has 1 heterocycles. The van der Waals surface area contributed by atoms with Gasteiger partial charge in [0.15, 0.2) is 0 Å². The van der Waals surface area contributed by atoms with Gasteiger partial charge in [-0.25, -0.2) is 0 Å². The summed E-state index contributed by atoms with van der Waals surface area (Å²) in [7, 11) is 0. The zero-order valence-corrected chi connectivity index (χ0v) is 9.90. The van der Waals surface area contributed by atoms with Crippen LogP contribution in [0.25, 0.3) is 0 Å². The zero-order valence-electron chi connectivity index (χ0n) is 9.90. The van der Waals surface area contributed by atoms with E-state index in [1.165, 1.54) is 0 Å². The fourth-order valence-electron chi connectivity index (χ4n) is 1.68. The molecule has 1 amide bonds. The molecule has 0 aliphatic carbocycles. The molecular weight excluding hydrogens is 214 g/mol. The molecule has 0 saturated carbocycles. The molecule has 3 heteroatoms. The van der Waals surface area contributed by atoms with Crippen LogP contribution in [0.5, 0.6) is 0 Å². The van der Waals surface area contributed by atoms with Gasteiger partial charge in [0.05, 0.1) is 13.2 Å². The van der Waals surface area contributed by atoms with Gasteiger partial charge in [0.2, 0.25) is 0 Å². The van der Waals surface area contributed by atoms with Crippen LogP contribution in [0.4, 0.5) is 0 Å². The van der Waals surface area contributed by atoms with Crippen molar-refractivity contribution in [2.45, 2.75) is 6.92 Å². The standard InChI is InChI=1S/C14H15NO2/c1-12-4-2-3-5-13(12)6-7-14(16)15-8-10-17-11-9-15/h2-5H,8-11H2,1H3. The quantitative estimate of drug-likeness (QED) is 0.626. The Morgan fingerprint density at radius 2 is 2.00 bits per heavy atom. The second-order valence-corrected chi connectivity index (χ2v) is 3.97. The van der Waals surface area contributed by atoms with E-state index < -0.39 is 0 Å². The van der Waals surface area contributed by atoms with Crippen LogP contribution in [0.15, 0.2) is 24.3 Å². The van der Waals surface area contributed by atoms with E-state index in [9.17, 15) is 4.79 Å². The van der Waals surface area contributed by atoms with Gasteiger partial charge >= 0.3 is 0 Å². The summed E-state index contributed by atoms with van der Waals surface area (Å²) in [5, 5.41) is 0. The van der Waals surface area contributed by atoms with Crippen LogP contribution in [-0.4, -0.2) is 37.1 Å². The Morgan fingerprint density at radius 3 is 2.71 bits per heavy atom. The van der Waals surface area contributed by atoms with Crippen molar-refractivity contribution in [3.8, 4) is 11.8 Å². The van der Waals surface area contributed by atoms with Crippen LogP contribution in [0.3, 0.4) is 0 Å². The molecule has 2 rings (SSSR count). The number of nitrogens with zero attached hydrogens (tertiary/aromatic N) is 1. The molecule has 1 saturated heterocycles. The van der Waals surface area contributed by atoms with Gasteiger partial charge in [-0.1, -0.05) is 24.1 Å². The Kier molecular flexibility index (Phi) is 3.79.